The number of anilines is 1. The van der Waals surface area contributed by atoms with Crippen LogP contribution in [-0.4, -0.2) is 12.5 Å². The number of aryl methyl sites for hydroxylation is 1. The minimum Gasteiger partial charge on any atom is -0.490 e. The molecule has 0 saturated heterocycles. The molecule has 0 aliphatic rings. The molecule has 1 N–H and O–H groups in total. The van der Waals surface area contributed by atoms with Crippen LogP contribution in [0.15, 0.2) is 66.2 Å². The Labute approximate surface area is 212 Å². The lowest BCUT2D eigenvalue weighted by Gasteiger charge is -2.15. The maximum atomic E-state index is 12.7. The third-order valence-corrected chi connectivity index (χ3v) is 5.59. The summed E-state index contributed by atoms with van der Waals surface area (Å²) in [5.74, 6) is 0.538. The van der Waals surface area contributed by atoms with Crippen molar-refractivity contribution >= 4 is 40.3 Å². The second-order valence-corrected chi connectivity index (χ2v) is 8.48. The van der Waals surface area contributed by atoms with Crippen molar-refractivity contribution < 1.29 is 14.3 Å². The lowest BCUT2D eigenvalue weighted by molar-refractivity contribution is -0.112. The molecule has 0 aliphatic carbocycles. The van der Waals surface area contributed by atoms with E-state index < -0.39 is 5.91 Å². The molecule has 0 spiro atoms. The number of amides is 1. The fourth-order valence-corrected chi connectivity index (χ4v) is 4.00. The van der Waals surface area contributed by atoms with Gasteiger partial charge in [-0.1, -0.05) is 30.3 Å². The van der Waals surface area contributed by atoms with Crippen molar-refractivity contribution in [3.05, 3.63) is 92.1 Å². The number of hydrogen-bond donors (Lipinski definition) is 1. The summed E-state index contributed by atoms with van der Waals surface area (Å²) in [6.07, 6.45) is 1.52. The number of rotatable bonds is 8. The monoisotopic (exact) mass is 563 g/mol. The number of nitrogens with zero attached hydrogens (tertiary/aromatic N) is 2. The molecular weight excluding hydrogens is 541 g/mol. The third-order valence-electron chi connectivity index (χ3n) is 4.79. The maximum absolute atomic E-state index is 12.7. The van der Waals surface area contributed by atoms with E-state index in [1.807, 2.05) is 56.3 Å². The van der Waals surface area contributed by atoms with Crippen LogP contribution in [0.1, 0.15) is 29.2 Å². The van der Waals surface area contributed by atoms with Crippen molar-refractivity contribution in [3.8, 4) is 23.6 Å². The van der Waals surface area contributed by atoms with E-state index >= 15 is 0 Å². The molecule has 0 bridgehead atoms. The molecule has 34 heavy (non-hydrogen) atoms. The molecule has 170 valence electrons. The minimum absolute atomic E-state index is 0.0311. The molecule has 0 heterocycles. The largest absolute Gasteiger partial charge is 0.490 e. The fraction of sp³-hybridized carbons (Fsp3) is 0.148. The molecule has 0 aromatic heterocycles. The predicted molar refractivity (Wildman–Crippen MR) is 139 cm³/mol. The molecule has 6 nitrogen and oxygen atoms in total. The summed E-state index contributed by atoms with van der Waals surface area (Å²) in [5.41, 5.74) is 3.55. The third kappa shape index (κ3) is 6.37. The Hall–Kier alpha value is -3.82. The van der Waals surface area contributed by atoms with Crippen LogP contribution < -0.4 is 14.8 Å². The molecule has 0 saturated carbocycles. The second kappa shape index (κ2) is 11.9. The lowest BCUT2D eigenvalue weighted by Crippen LogP contribution is -2.13. The van der Waals surface area contributed by atoms with Crippen LogP contribution in [0.5, 0.6) is 11.5 Å². The van der Waals surface area contributed by atoms with Gasteiger partial charge < -0.3 is 14.8 Å². The number of carbonyl (C=O) groups is 1. The highest BCUT2D eigenvalue weighted by atomic mass is 127. The average Bonchev–Trinajstić information content (AvgIpc) is 2.82. The zero-order chi connectivity index (χ0) is 24.5. The number of nitriles is 2. The second-order valence-electron chi connectivity index (χ2n) is 7.31. The molecule has 3 aromatic carbocycles. The summed E-state index contributed by atoms with van der Waals surface area (Å²) >= 11 is 2.13. The standard InChI is InChI=1S/C27H22IN3O3/c1-3-33-25-14-19(12-22(16-30)27(32)31-23-10-6-7-18(2)11-23)13-24(28)26(25)34-17-21-9-5-4-8-20(21)15-29/h4-14H,3,17H2,1-2H3,(H,31,32)/b22-12+. The molecule has 0 atom stereocenters. The van der Waals surface area contributed by atoms with Gasteiger partial charge >= 0.3 is 0 Å². The van der Waals surface area contributed by atoms with Crippen LogP contribution in [0.3, 0.4) is 0 Å². The van der Waals surface area contributed by atoms with Crippen LogP contribution in [0.4, 0.5) is 5.69 Å². The van der Waals surface area contributed by atoms with E-state index in [9.17, 15) is 15.3 Å². The Kier molecular flexibility index (Phi) is 8.66. The number of ether oxygens (including phenoxy) is 2. The van der Waals surface area contributed by atoms with Crippen LogP contribution in [0.2, 0.25) is 0 Å². The summed E-state index contributed by atoms with van der Waals surface area (Å²) < 4.78 is 12.6. The van der Waals surface area contributed by atoms with Gasteiger partial charge in [-0.15, -0.1) is 0 Å². The van der Waals surface area contributed by atoms with E-state index in [1.54, 1.807) is 24.3 Å². The van der Waals surface area contributed by atoms with E-state index in [-0.39, 0.29) is 12.2 Å². The molecular formula is C27H22IN3O3. The van der Waals surface area contributed by atoms with Gasteiger partial charge in [-0.3, -0.25) is 4.79 Å². The Balaban J connectivity index is 1.87. The highest BCUT2D eigenvalue weighted by Gasteiger charge is 2.15. The van der Waals surface area contributed by atoms with Gasteiger partial charge in [0.15, 0.2) is 11.5 Å². The van der Waals surface area contributed by atoms with Gasteiger partial charge in [0.05, 0.1) is 21.8 Å². The number of benzene rings is 3. The molecule has 1 amide bonds. The average molecular weight is 563 g/mol. The predicted octanol–water partition coefficient (Wildman–Crippen LogP) is 5.99. The lowest BCUT2D eigenvalue weighted by atomic mass is 10.1. The number of hydrogen-bond acceptors (Lipinski definition) is 5. The van der Waals surface area contributed by atoms with Crippen molar-refractivity contribution in [1.29, 1.82) is 10.5 Å². The van der Waals surface area contributed by atoms with Gasteiger partial charge in [0.2, 0.25) is 0 Å². The van der Waals surface area contributed by atoms with E-state index in [2.05, 4.69) is 34.0 Å². The van der Waals surface area contributed by atoms with E-state index in [1.165, 1.54) is 6.08 Å². The fourth-order valence-electron chi connectivity index (χ4n) is 3.22. The molecule has 0 aliphatic heterocycles. The zero-order valence-electron chi connectivity index (χ0n) is 18.8. The van der Waals surface area contributed by atoms with Crippen LogP contribution in [0, 0.1) is 33.2 Å². The Morgan fingerprint density at radius 2 is 1.88 bits per heavy atom. The van der Waals surface area contributed by atoms with Gasteiger partial charge in [0, 0.05) is 11.3 Å². The van der Waals surface area contributed by atoms with E-state index in [0.717, 1.165) is 14.7 Å². The minimum atomic E-state index is -0.491. The first-order valence-corrected chi connectivity index (χ1v) is 11.6. The van der Waals surface area contributed by atoms with E-state index in [4.69, 9.17) is 9.47 Å². The first kappa shape index (κ1) is 24.8. The summed E-state index contributed by atoms with van der Waals surface area (Å²) in [6, 6.07) is 22.3. The summed E-state index contributed by atoms with van der Waals surface area (Å²) in [7, 11) is 0. The highest BCUT2D eigenvalue weighted by Crippen LogP contribution is 2.35. The first-order valence-electron chi connectivity index (χ1n) is 10.5. The molecule has 0 radical (unpaired) electrons. The van der Waals surface area contributed by atoms with Crippen molar-refractivity contribution in [2.75, 3.05) is 11.9 Å². The van der Waals surface area contributed by atoms with Gasteiger partial charge in [-0.2, -0.15) is 10.5 Å². The SMILES string of the molecule is CCOc1cc(/C=C(\C#N)C(=O)Nc2cccc(C)c2)cc(I)c1OCc1ccccc1C#N. The maximum Gasteiger partial charge on any atom is 0.266 e. The summed E-state index contributed by atoms with van der Waals surface area (Å²) in [6.45, 7) is 4.40. The van der Waals surface area contributed by atoms with E-state index in [0.29, 0.717) is 34.9 Å². The van der Waals surface area contributed by atoms with Gasteiger partial charge in [-0.05, 0) is 84.0 Å². The molecule has 0 unspecified atom stereocenters. The Bertz CT molecular complexity index is 1320. The molecule has 7 heteroatoms. The number of halogens is 1. The molecule has 3 aromatic rings. The van der Waals surface area contributed by atoms with Crippen LogP contribution in [0.25, 0.3) is 6.08 Å². The van der Waals surface area contributed by atoms with Crippen molar-refractivity contribution in [1.82, 2.24) is 0 Å². The van der Waals surface area contributed by atoms with Crippen LogP contribution in [-0.2, 0) is 11.4 Å². The van der Waals surface area contributed by atoms with Crippen molar-refractivity contribution in [3.63, 3.8) is 0 Å². The Morgan fingerprint density at radius 1 is 1.09 bits per heavy atom. The van der Waals surface area contributed by atoms with Gasteiger partial charge in [-0.25, -0.2) is 0 Å². The summed E-state index contributed by atoms with van der Waals surface area (Å²) in [4.78, 5) is 12.7. The van der Waals surface area contributed by atoms with Crippen molar-refractivity contribution in [2.24, 2.45) is 0 Å². The summed E-state index contributed by atoms with van der Waals surface area (Å²) in [5, 5.41) is 21.6. The zero-order valence-corrected chi connectivity index (χ0v) is 20.9. The highest BCUT2D eigenvalue weighted by molar-refractivity contribution is 14.1. The number of nitrogens with one attached hydrogen (secondary N) is 1. The molecule has 0 fully saturated rings. The van der Waals surface area contributed by atoms with Crippen LogP contribution >= 0.6 is 22.6 Å². The topological polar surface area (TPSA) is 95.1 Å². The normalized spacial score (nSPS) is 10.7. The number of carbonyl (C=O) groups excluding carboxylic acids is 1. The molecule has 3 rings (SSSR count). The smallest absolute Gasteiger partial charge is 0.266 e. The Morgan fingerprint density at radius 3 is 2.59 bits per heavy atom. The van der Waals surface area contributed by atoms with Gasteiger partial charge in [0.1, 0.15) is 18.2 Å². The first-order chi connectivity index (χ1) is 16.4. The quantitative estimate of drug-likeness (QED) is 0.206. The van der Waals surface area contributed by atoms with Gasteiger partial charge in [0.25, 0.3) is 5.91 Å². The van der Waals surface area contributed by atoms with Crippen molar-refractivity contribution in [2.45, 2.75) is 20.5 Å².